The van der Waals surface area contributed by atoms with Crippen molar-refractivity contribution >= 4 is 17.7 Å². The van der Waals surface area contributed by atoms with Crippen LogP contribution in [0.3, 0.4) is 0 Å². The van der Waals surface area contributed by atoms with E-state index in [-0.39, 0.29) is 19.1 Å². The molecule has 0 spiro atoms. The molecule has 0 aliphatic rings. The second-order valence-electron chi connectivity index (χ2n) is 5.73. The summed E-state index contributed by atoms with van der Waals surface area (Å²) in [5.41, 5.74) is 8.39. The molecular formula is C19H18ClN5O2. The van der Waals surface area contributed by atoms with Gasteiger partial charge in [0.15, 0.2) is 0 Å². The van der Waals surface area contributed by atoms with E-state index in [1.54, 1.807) is 42.7 Å². The molecule has 7 nitrogen and oxygen atoms in total. The van der Waals surface area contributed by atoms with Gasteiger partial charge in [0.05, 0.1) is 12.2 Å². The Morgan fingerprint density at radius 2 is 2.00 bits per heavy atom. The van der Waals surface area contributed by atoms with Crippen LogP contribution < -0.4 is 10.5 Å². The number of ether oxygens (including phenoxy) is 1. The Morgan fingerprint density at radius 1 is 1.15 bits per heavy atom. The Balaban J connectivity index is 1.64. The summed E-state index contributed by atoms with van der Waals surface area (Å²) in [6.07, 6.45) is 4.74. The normalized spacial score (nSPS) is 10.4. The van der Waals surface area contributed by atoms with Gasteiger partial charge < -0.3 is 10.5 Å². The number of hydrogen-bond donors (Lipinski definition) is 1. The lowest BCUT2D eigenvalue weighted by atomic mass is 10.1. The van der Waals surface area contributed by atoms with Crippen molar-refractivity contribution in [1.82, 2.24) is 19.4 Å². The zero-order valence-electron chi connectivity index (χ0n) is 14.5. The number of nitrogens with zero attached hydrogens (tertiary/aromatic N) is 4. The standard InChI is InChI=1S/C19H18ClN5O2/c20-25(11-15-4-2-6-22-10-15)19(26)16-5-1-3-14(7-16)12-27-18-8-17(9-21)23-13-24-18/h1-8,10,13H,9,11-12,21H2. The summed E-state index contributed by atoms with van der Waals surface area (Å²) >= 11 is 6.16. The van der Waals surface area contributed by atoms with Gasteiger partial charge in [-0.25, -0.2) is 14.4 Å². The maximum atomic E-state index is 12.6. The molecule has 1 amide bonds. The summed E-state index contributed by atoms with van der Waals surface area (Å²) in [6, 6.07) is 12.4. The van der Waals surface area contributed by atoms with E-state index in [0.717, 1.165) is 15.5 Å². The van der Waals surface area contributed by atoms with Crippen LogP contribution in [0.25, 0.3) is 0 Å². The third-order valence-corrected chi connectivity index (χ3v) is 4.01. The van der Waals surface area contributed by atoms with Crippen molar-refractivity contribution in [3.8, 4) is 5.88 Å². The molecule has 0 radical (unpaired) electrons. The van der Waals surface area contributed by atoms with Gasteiger partial charge in [-0.1, -0.05) is 18.2 Å². The number of nitrogens with two attached hydrogens (primary N) is 1. The average Bonchev–Trinajstić information content (AvgIpc) is 2.72. The number of carbonyl (C=O) groups is 1. The van der Waals surface area contributed by atoms with E-state index in [9.17, 15) is 4.79 Å². The molecule has 0 saturated carbocycles. The van der Waals surface area contributed by atoms with E-state index in [1.807, 2.05) is 12.1 Å². The summed E-state index contributed by atoms with van der Waals surface area (Å²) in [5, 5.41) is 0. The second-order valence-corrected chi connectivity index (χ2v) is 6.14. The van der Waals surface area contributed by atoms with Crippen molar-refractivity contribution < 1.29 is 9.53 Å². The number of carbonyl (C=O) groups excluding carboxylic acids is 1. The first-order chi connectivity index (χ1) is 13.2. The Hall–Kier alpha value is -3.03. The van der Waals surface area contributed by atoms with Crippen LogP contribution in [0.15, 0.2) is 61.2 Å². The van der Waals surface area contributed by atoms with Crippen LogP contribution in [0.5, 0.6) is 5.88 Å². The minimum Gasteiger partial charge on any atom is -0.473 e. The van der Waals surface area contributed by atoms with E-state index in [2.05, 4.69) is 15.0 Å². The molecular weight excluding hydrogens is 366 g/mol. The molecule has 8 heteroatoms. The highest BCUT2D eigenvalue weighted by Crippen LogP contribution is 2.15. The summed E-state index contributed by atoms with van der Waals surface area (Å²) in [5.74, 6) is 0.132. The minimum absolute atomic E-state index is 0.257. The van der Waals surface area contributed by atoms with Crippen molar-refractivity contribution in [3.63, 3.8) is 0 Å². The number of hydrogen-bond acceptors (Lipinski definition) is 6. The van der Waals surface area contributed by atoms with Gasteiger partial charge in [-0.2, -0.15) is 0 Å². The Kier molecular flexibility index (Phi) is 6.30. The van der Waals surface area contributed by atoms with Crippen LogP contribution in [0.1, 0.15) is 27.2 Å². The van der Waals surface area contributed by atoms with E-state index >= 15 is 0 Å². The predicted molar refractivity (Wildman–Crippen MR) is 101 cm³/mol. The zero-order valence-corrected chi connectivity index (χ0v) is 15.2. The van der Waals surface area contributed by atoms with E-state index < -0.39 is 0 Å². The number of aromatic nitrogens is 3. The van der Waals surface area contributed by atoms with Gasteiger partial charge in [-0.3, -0.25) is 9.78 Å². The summed E-state index contributed by atoms with van der Waals surface area (Å²) in [6.45, 7) is 0.830. The van der Waals surface area contributed by atoms with Gasteiger partial charge in [0.25, 0.3) is 5.91 Å². The average molecular weight is 384 g/mol. The Bertz CT molecular complexity index is 907. The number of amides is 1. The zero-order chi connectivity index (χ0) is 19.1. The quantitative estimate of drug-likeness (QED) is 0.630. The molecule has 2 aromatic heterocycles. The molecule has 2 heterocycles. The molecule has 0 fully saturated rings. The van der Waals surface area contributed by atoms with E-state index in [1.165, 1.54) is 6.33 Å². The largest absolute Gasteiger partial charge is 0.473 e. The first-order valence-corrected chi connectivity index (χ1v) is 8.59. The molecule has 138 valence electrons. The van der Waals surface area contributed by atoms with Crippen LogP contribution in [0.2, 0.25) is 0 Å². The first-order valence-electron chi connectivity index (χ1n) is 8.25. The van der Waals surface area contributed by atoms with Crippen LogP contribution in [-0.4, -0.2) is 25.3 Å². The first kappa shape index (κ1) is 18.8. The Labute approximate surface area is 161 Å². The smallest absolute Gasteiger partial charge is 0.268 e. The lowest BCUT2D eigenvalue weighted by Crippen LogP contribution is -2.21. The van der Waals surface area contributed by atoms with Gasteiger partial charge >= 0.3 is 0 Å². The van der Waals surface area contributed by atoms with E-state index in [0.29, 0.717) is 23.7 Å². The third kappa shape index (κ3) is 5.22. The lowest BCUT2D eigenvalue weighted by Gasteiger charge is -2.14. The van der Waals surface area contributed by atoms with Crippen molar-refractivity contribution in [2.75, 3.05) is 0 Å². The molecule has 2 N–H and O–H groups in total. The maximum Gasteiger partial charge on any atom is 0.268 e. The Morgan fingerprint density at radius 3 is 2.78 bits per heavy atom. The van der Waals surface area contributed by atoms with Crippen molar-refractivity contribution in [2.24, 2.45) is 5.73 Å². The monoisotopic (exact) mass is 383 g/mol. The lowest BCUT2D eigenvalue weighted by molar-refractivity contribution is 0.0857. The number of rotatable bonds is 7. The van der Waals surface area contributed by atoms with Crippen LogP contribution >= 0.6 is 11.8 Å². The fourth-order valence-corrected chi connectivity index (χ4v) is 2.62. The number of halogens is 1. The molecule has 0 atom stereocenters. The molecule has 0 aliphatic heterocycles. The van der Waals surface area contributed by atoms with E-state index in [4.69, 9.17) is 22.2 Å². The second kappa shape index (κ2) is 9.07. The van der Waals surface area contributed by atoms with Crippen LogP contribution in [0.4, 0.5) is 0 Å². The third-order valence-electron chi connectivity index (χ3n) is 3.73. The van der Waals surface area contributed by atoms with Crippen LogP contribution in [0, 0.1) is 0 Å². The highest BCUT2D eigenvalue weighted by Gasteiger charge is 2.15. The van der Waals surface area contributed by atoms with Gasteiger partial charge in [0.2, 0.25) is 5.88 Å². The van der Waals surface area contributed by atoms with Crippen molar-refractivity contribution in [2.45, 2.75) is 19.7 Å². The molecule has 0 saturated heterocycles. The van der Waals surface area contributed by atoms with Crippen molar-refractivity contribution in [3.05, 3.63) is 83.6 Å². The van der Waals surface area contributed by atoms with Gasteiger partial charge in [-0.15, -0.1) is 0 Å². The highest BCUT2D eigenvalue weighted by molar-refractivity contribution is 6.23. The highest BCUT2D eigenvalue weighted by atomic mass is 35.5. The topological polar surface area (TPSA) is 94.2 Å². The fourth-order valence-electron chi connectivity index (χ4n) is 2.38. The molecule has 0 aliphatic carbocycles. The molecule has 0 unspecified atom stereocenters. The van der Waals surface area contributed by atoms with Gasteiger partial charge in [0.1, 0.15) is 12.9 Å². The summed E-state index contributed by atoms with van der Waals surface area (Å²) in [7, 11) is 0. The van der Waals surface area contributed by atoms with Gasteiger partial charge in [0, 0.05) is 42.3 Å². The summed E-state index contributed by atoms with van der Waals surface area (Å²) in [4.78, 5) is 24.6. The number of pyridine rings is 1. The molecule has 3 rings (SSSR count). The van der Waals surface area contributed by atoms with Crippen molar-refractivity contribution in [1.29, 1.82) is 0 Å². The molecule has 0 bridgehead atoms. The SMILES string of the molecule is NCc1cc(OCc2cccc(C(=O)N(Cl)Cc3cccnc3)c2)ncn1. The molecule has 3 aromatic rings. The number of benzene rings is 1. The maximum absolute atomic E-state index is 12.6. The molecule has 27 heavy (non-hydrogen) atoms. The fraction of sp³-hybridized carbons (Fsp3) is 0.158. The minimum atomic E-state index is -0.296. The van der Waals surface area contributed by atoms with Gasteiger partial charge in [-0.05, 0) is 29.3 Å². The molecule has 1 aromatic carbocycles. The predicted octanol–water partition coefficient (Wildman–Crippen LogP) is 2.71. The van der Waals surface area contributed by atoms with Crippen LogP contribution in [-0.2, 0) is 19.7 Å². The summed E-state index contributed by atoms with van der Waals surface area (Å²) < 4.78 is 6.79.